The van der Waals surface area contributed by atoms with Gasteiger partial charge in [-0.2, -0.15) is 0 Å². The number of fused-ring (bicyclic) bond motifs is 2. The number of Topliss-reactive ketones (excluding diaryl/α,β-unsaturated/α-hetero) is 1. The molecule has 134 valence electrons. The van der Waals surface area contributed by atoms with Crippen molar-refractivity contribution in [1.29, 1.82) is 0 Å². The molecule has 0 atom stereocenters. The van der Waals surface area contributed by atoms with Gasteiger partial charge in [0.05, 0.1) is 18.5 Å². The Morgan fingerprint density at radius 3 is 1.93 bits per heavy atom. The molecule has 3 heteroatoms. The molecule has 1 aliphatic rings. The van der Waals surface area contributed by atoms with Crippen molar-refractivity contribution in [2.75, 3.05) is 12.0 Å². The smallest absolute Gasteiger partial charge is 0.194 e. The average molecular weight is 355 g/mol. The van der Waals surface area contributed by atoms with Crippen molar-refractivity contribution in [3.63, 3.8) is 0 Å². The third-order valence-electron chi connectivity index (χ3n) is 4.96. The van der Waals surface area contributed by atoms with Gasteiger partial charge in [0.1, 0.15) is 5.76 Å². The molecular weight excluding hydrogens is 334 g/mol. The second-order valence-electron chi connectivity index (χ2n) is 6.69. The highest BCUT2D eigenvalue weighted by atomic mass is 16.5. The number of benzene rings is 3. The molecule has 3 nitrogen and oxygen atoms in total. The summed E-state index contributed by atoms with van der Waals surface area (Å²) in [7, 11) is 1.62. The Morgan fingerprint density at radius 1 is 0.741 bits per heavy atom. The zero-order valence-corrected chi connectivity index (χ0v) is 15.7. The van der Waals surface area contributed by atoms with Gasteiger partial charge in [-0.15, -0.1) is 0 Å². The van der Waals surface area contributed by atoms with Crippen LogP contribution in [0.2, 0.25) is 0 Å². The molecule has 1 aliphatic heterocycles. The fourth-order valence-corrected chi connectivity index (χ4v) is 3.59. The molecule has 0 N–H and O–H groups in total. The monoisotopic (exact) mass is 355 g/mol. The van der Waals surface area contributed by atoms with Gasteiger partial charge in [-0.05, 0) is 50.2 Å². The predicted molar refractivity (Wildman–Crippen MR) is 110 cm³/mol. The Labute approximate surface area is 159 Å². The van der Waals surface area contributed by atoms with Crippen molar-refractivity contribution in [3.05, 3.63) is 95.1 Å². The molecule has 0 saturated carbocycles. The van der Waals surface area contributed by atoms with Gasteiger partial charge in [0, 0.05) is 22.4 Å². The quantitative estimate of drug-likeness (QED) is 0.561. The van der Waals surface area contributed by atoms with E-state index >= 15 is 0 Å². The molecule has 0 amide bonds. The van der Waals surface area contributed by atoms with Crippen molar-refractivity contribution in [3.8, 4) is 0 Å². The number of ether oxygens (including phenoxy) is 1. The van der Waals surface area contributed by atoms with Gasteiger partial charge in [0.2, 0.25) is 0 Å². The number of ketones is 1. The first-order chi connectivity index (χ1) is 13.1. The van der Waals surface area contributed by atoms with E-state index in [-0.39, 0.29) is 5.78 Å². The molecule has 0 bridgehead atoms. The number of para-hydroxylation sites is 2. The number of methoxy groups -OCH3 is 1. The third-order valence-corrected chi connectivity index (χ3v) is 4.96. The van der Waals surface area contributed by atoms with Crippen molar-refractivity contribution in [1.82, 2.24) is 0 Å². The van der Waals surface area contributed by atoms with E-state index in [0.29, 0.717) is 16.9 Å². The minimum absolute atomic E-state index is 0.0194. The molecule has 0 aliphatic carbocycles. The van der Waals surface area contributed by atoms with Crippen molar-refractivity contribution >= 4 is 28.6 Å². The van der Waals surface area contributed by atoms with Crippen molar-refractivity contribution in [2.45, 2.75) is 13.8 Å². The van der Waals surface area contributed by atoms with E-state index in [0.717, 1.165) is 22.6 Å². The number of carbonyl (C=O) groups excluding carboxylic acids is 1. The minimum Gasteiger partial charge on any atom is -0.496 e. The van der Waals surface area contributed by atoms with E-state index in [1.54, 1.807) is 7.11 Å². The summed E-state index contributed by atoms with van der Waals surface area (Å²) in [5.74, 6) is 0.594. The summed E-state index contributed by atoms with van der Waals surface area (Å²) in [5.41, 5.74) is 6.23. The van der Waals surface area contributed by atoms with Crippen LogP contribution in [0.3, 0.4) is 0 Å². The Kier molecular flexibility index (Phi) is 4.28. The molecule has 1 heterocycles. The van der Waals surface area contributed by atoms with Crippen molar-refractivity contribution in [2.24, 2.45) is 0 Å². The highest BCUT2D eigenvalue weighted by Gasteiger charge is 2.28. The minimum atomic E-state index is -0.0194. The first-order valence-electron chi connectivity index (χ1n) is 8.96. The predicted octanol–water partition coefficient (Wildman–Crippen LogP) is 6.04. The number of hydrogen-bond donors (Lipinski definition) is 0. The number of anilines is 3. The third kappa shape index (κ3) is 2.81. The molecule has 0 saturated heterocycles. The maximum atomic E-state index is 13.2. The molecule has 3 aromatic rings. The summed E-state index contributed by atoms with van der Waals surface area (Å²) >= 11 is 0. The van der Waals surface area contributed by atoms with Crippen LogP contribution in [0.5, 0.6) is 0 Å². The normalized spacial score (nSPS) is 16.3. The molecular formula is C24H21NO2. The first kappa shape index (κ1) is 17.1. The van der Waals surface area contributed by atoms with Crippen LogP contribution in [0.25, 0.3) is 5.76 Å². The second-order valence-corrected chi connectivity index (χ2v) is 6.69. The van der Waals surface area contributed by atoms with E-state index in [1.165, 1.54) is 5.56 Å². The molecule has 0 fully saturated rings. The standard InChI is InChI=1S/C24H21NO2/c1-16-12-14-18(15-13-16)25-21-10-6-4-8-19(21)23(26)17(2)24(27-3)20-9-5-7-11-22(20)25/h4-15H,1-3H3/b24-17+. The summed E-state index contributed by atoms with van der Waals surface area (Å²) in [6, 6.07) is 24.1. The van der Waals surface area contributed by atoms with Crippen LogP contribution >= 0.6 is 0 Å². The van der Waals surface area contributed by atoms with Crippen LogP contribution in [-0.2, 0) is 4.74 Å². The van der Waals surface area contributed by atoms with Gasteiger partial charge < -0.3 is 9.64 Å². The average Bonchev–Trinajstić information content (AvgIpc) is 2.70. The van der Waals surface area contributed by atoms with E-state index < -0.39 is 0 Å². The largest absolute Gasteiger partial charge is 0.496 e. The van der Waals surface area contributed by atoms with Crippen LogP contribution in [0.15, 0.2) is 78.4 Å². The highest BCUT2D eigenvalue weighted by Crippen LogP contribution is 2.43. The summed E-state index contributed by atoms with van der Waals surface area (Å²) in [6.45, 7) is 3.90. The molecule has 0 unspecified atom stereocenters. The Hall–Kier alpha value is -3.33. The van der Waals surface area contributed by atoms with Gasteiger partial charge in [0.25, 0.3) is 0 Å². The summed E-state index contributed by atoms with van der Waals surface area (Å²) in [6.07, 6.45) is 0. The lowest BCUT2D eigenvalue weighted by atomic mass is 9.94. The SMILES string of the molecule is CO/C1=C(\C)C(=O)c2ccccc2N(c2ccc(C)cc2)c2ccccc21. The van der Waals surface area contributed by atoms with E-state index in [4.69, 9.17) is 4.74 Å². The van der Waals surface area contributed by atoms with E-state index in [2.05, 4.69) is 42.2 Å². The Balaban J connectivity index is 2.10. The summed E-state index contributed by atoms with van der Waals surface area (Å²) in [5, 5.41) is 0. The number of allylic oxidation sites excluding steroid dienone is 1. The molecule has 0 spiro atoms. The molecule has 3 aromatic carbocycles. The fourth-order valence-electron chi connectivity index (χ4n) is 3.59. The van der Waals surface area contributed by atoms with Crippen LogP contribution in [0.1, 0.15) is 28.4 Å². The van der Waals surface area contributed by atoms with Gasteiger partial charge in [-0.1, -0.05) is 42.0 Å². The Bertz CT molecular complexity index is 1050. The molecule has 0 aromatic heterocycles. The van der Waals surface area contributed by atoms with Crippen molar-refractivity contribution < 1.29 is 9.53 Å². The maximum Gasteiger partial charge on any atom is 0.194 e. The summed E-state index contributed by atoms with van der Waals surface area (Å²) < 4.78 is 5.69. The van der Waals surface area contributed by atoms with Crippen LogP contribution in [-0.4, -0.2) is 12.9 Å². The lowest BCUT2D eigenvalue weighted by Gasteiger charge is -2.31. The van der Waals surface area contributed by atoms with E-state index in [1.807, 2.05) is 49.4 Å². The lowest BCUT2D eigenvalue weighted by molar-refractivity contribution is 0.103. The molecule has 27 heavy (non-hydrogen) atoms. The number of aryl methyl sites for hydroxylation is 1. The molecule has 4 rings (SSSR count). The van der Waals surface area contributed by atoms with Gasteiger partial charge in [-0.25, -0.2) is 0 Å². The zero-order chi connectivity index (χ0) is 19.0. The van der Waals surface area contributed by atoms with Crippen LogP contribution in [0.4, 0.5) is 17.1 Å². The number of carbonyl (C=O) groups is 1. The number of hydrogen-bond acceptors (Lipinski definition) is 3. The zero-order valence-electron chi connectivity index (χ0n) is 15.7. The van der Waals surface area contributed by atoms with Crippen LogP contribution in [0, 0.1) is 6.92 Å². The van der Waals surface area contributed by atoms with Gasteiger partial charge in [0.15, 0.2) is 5.78 Å². The summed E-state index contributed by atoms with van der Waals surface area (Å²) in [4.78, 5) is 15.4. The second kappa shape index (κ2) is 6.76. The van der Waals surface area contributed by atoms with Crippen LogP contribution < -0.4 is 4.90 Å². The Morgan fingerprint density at radius 2 is 1.30 bits per heavy atom. The fraction of sp³-hybridized carbons (Fsp3) is 0.125. The number of nitrogens with zero attached hydrogens (tertiary/aromatic N) is 1. The first-order valence-corrected chi connectivity index (χ1v) is 8.96. The van der Waals surface area contributed by atoms with Gasteiger partial charge in [-0.3, -0.25) is 4.79 Å². The topological polar surface area (TPSA) is 29.5 Å². The maximum absolute atomic E-state index is 13.2. The van der Waals surface area contributed by atoms with Gasteiger partial charge >= 0.3 is 0 Å². The van der Waals surface area contributed by atoms with E-state index in [9.17, 15) is 4.79 Å². The lowest BCUT2D eigenvalue weighted by Crippen LogP contribution is -2.19. The number of rotatable bonds is 2. The highest BCUT2D eigenvalue weighted by molar-refractivity contribution is 6.17. The molecule has 0 radical (unpaired) electrons.